The van der Waals surface area contributed by atoms with Gasteiger partial charge in [0.1, 0.15) is 0 Å². The predicted molar refractivity (Wildman–Crippen MR) is 126 cm³/mol. The first-order valence-electron chi connectivity index (χ1n) is 11.7. The van der Waals surface area contributed by atoms with Crippen LogP contribution in [-0.2, 0) is 9.53 Å². The molecule has 0 bridgehead atoms. The number of anilines is 2. The Hall–Kier alpha value is -3.41. The van der Waals surface area contributed by atoms with Gasteiger partial charge >= 0.3 is 0 Å². The Labute approximate surface area is 201 Å². The molecule has 12 heteroatoms. The molecular weight excluding hydrogens is 458 g/mol. The summed E-state index contributed by atoms with van der Waals surface area (Å²) >= 11 is 0. The number of hydrogen-bond acceptors (Lipinski definition) is 8. The molecule has 3 aromatic rings. The fourth-order valence-corrected chi connectivity index (χ4v) is 4.55. The highest BCUT2D eigenvalue weighted by Crippen LogP contribution is 2.29. The maximum atomic E-state index is 14.1. The molecule has 186 valence electrons. The quantitative estimate of drug-likeness (QED) is 0.555. The van der Waals surface area contributed by atoms with Crippen LogP contribution in [0.25, 0.3) is 17.0 Å². The van der Waals surface area contributed by atoms with Gasteiger partial charge < -0.3 is 19.4 Å². The second kappa shape index (κ2) is 9.33. The number of hydrogen-bond donors (Lipinski definition) is 0. The van der Waals surface area contributed by atoms with Crippen LogP contribution in [0.5, 0.6) is 0 Å². The monoisotopic (exact) mass is 486 g/mol. The van der Waals surface area contributed by atoms with Crippen molar-refractivity contribution in [2.24, 2.45) is 0 Å². The summed E-state index contributed by atoms with van der Waals surface area (Å²) in [6.45, 7) is 8.77. The zero-order valence-corrected chi connectivity index (χ0v) is 19.9. The zero-order chi connectivity index (χ0) is 24.7. The van der Waals surface area contributed by atoms with E-state index in [0.29, 0.717) is 62.3 Å². The third-order valence-corrected chi connectivity index (χ3v) is 6.73. The highest BCUT2D eigenvalue weighted by molar-refractivity contribution is 5.77. The van der Waals surface area contributed by atoms with E-state index in [1.165, 1.54) is 4.57 Å². The van der Waals surface area contributed by atoms with E-state index >= 15 is 0 Å². The molecule has 2 aromatic heterocycles. The molecule has 1 amide bonds. The maximum absolute atomic E-state index is 14.1. The Morgan fingerprint density at radius 2 is 1.66 bits per heavy atom. The topological polar surface area (TPSA) is 92.5 Å². The summed E-state index contributed by atoms with van der Waals surface area (Å²) in [4.78, 5) is 35.7. The fraction of sp³-hybridized carbons (Fsp3) is 0.522. The van der Waals surface area contributed by atoms with Gasteiger partial charge in [-0.05, 0) is 26.0 Å². The van der Waals surface area contributed by atoms with Crippen LogP contribution >= 0.6 is 0 Å². The van der Waals surface area contributed by atoms with Gasteiger partial charge in [-0.2, -0.15) is 15.0 Å². The van der Waals surface area contributed by atoms with Crippen LogP contribution in [-0.4, -0.2) is 86.8 Å². The average molecular weight is 487 g/mol. The highest BCUT2D eigenvalue weighted by Gasteiger charge is 2.31. The van der Waals surface area contributed by atoms with Crippen LogP contribution in [0.2, 0.25) is 0 Å². The van der Waals surface area contributed by atoms with Gasteiger partial charge in [-0.3, -0.25) is 9.36 Å². The van der Waals surface area contributed by atoms with E-state index in [4.69, 9.17) is 9.72 Å². The summed E-state index contributed by atoms with van der Waals surface area (Å²) in [7, 11) is 0. The van der Waals surface area contributed by atoms with Gasteiger partial charge in [0.25, 0.3) is 6.43 Å². The number of benzene rings is 1. The lowest BCUT2D eigenvalue weighted by molar-refractivity contribution is -0.129. The molecule has 2 atom stereocenters. The number of ether oxygens (including phenoxy) is 1. The van der Waals surface area contributed by atoms with Crippen LogP contribution in [0.3, 0.4) is 0 Å². The molecule has 2 saturated heterocycles. The average Bonchev–Trinajstić information content (AvgIpc) is 3.26. The number of carbonyl (C=O) groups is 1. The number of nitrogens with zero attached hydrogens (tertiary/aromatic N) is 8. The molecule has 0 radical (unpaired) electrons. The fourth-order valence-electron chi connectivity index (χ4n) is 4.55. The molecule has 4 heterocycles. The maximum Gasteiger partial charge on any atom is 0.296 e. The van der Waals surface area contributed by atoms with E-state index in [0.717, 1.165) is 0 Å². The van der Waals surface area contributed by atoms with Crippen molar-refractivity contribution in [2.45, 2.75) is 39.3 Å². The lowest BCUT2D eigenvalue weighted by atomic mass is 10.1. The third-order valence-electron chi connectivity index (χ3n) is 6.73. The first-order valence-corrected chi connectivity index (χ1v) is 11.7. The van der Waals surface area contributed by atoms with Crippen molar-refractivity contribution < 1.29 is 18.3 Å². The summed E-state index contributed by atoms with van der Waals surface area (Å²) in [5.74, 6) is 0.481. The molecule has 10 nitrogen and oxygen atoms in total. The van der Waals surface area contributed by atoms with Gasteiger partial charge in [0.2, 0.25) is 23.8 Å². The van der Waals surface area contributed by atoms with Crippen molar-refractivity contribution in [1.82, 2.24) is 29.4 Å². The number of alkyl halides is 2. The van der Waals surface area contributed by atoms with Crippen molar-refractivity contribution in [3.63, 3.8) is 0 Å². The summed E-state index contributed by atoms with van der Waals surface area (Å²) in [5.41, 5.74) is 0.936. The first-order chi connectivity index (χ1) is 16.8. The molecular formula is C23H28F2N8O2. The number of rotatable bonds is 4. The summed E-state index contributed by atoms with van der Waals surface area (Å²) in [5, 5.41) is 0. The van der Waals surface area contributed by atoms with Crippen molar-refractivity contribution in [2.75, 3.05) is 49.1 Å². The molecule has 2 aliphatic heterocycles. The number of halogens is 2. The Morgan fingerprint density at radius 3 is 2.37 bits per heavy atom. The first kappa shape index (κ1) is 23.3. The van der Waals surface area contributed by atoms with E-state index in [2.05, 4.69) is 15.0 Å². The second-order valence-corrected chi connectivity index (χ2v) is 8.83. The number of aromatic nitrogens is 5. The molecule has 1 aromatic carbocycles. The van der Waals surface area contributed by atoms with E-state index in [9.17, 15) is 13.6 Å². The molecule has 2 fully saturated rings. The molecule has 0 aliphatic carbocycles. The van der Waals surface area contributed by atoms with Gasteiger partial charge in [0, 0.05) is 39.6 Å². The third kappa shape index (κ3) is 4.38. The number of fused-ring (bicyclic) bond motifs is 1. The van der Waals surface area contributed by atoms with Gasteiger partial charge in [0.15, 0.2) is 5.82 Å². The van der Waals surface area contributed by atoms with Crippen molar-refractivity contribution in [3.8, 4) is 5.95 Å². The Bertz CT molecular complexity index is 1230. The van der Waals surface area contributed by atoms with Crippen molar-refractivity contribution in [1.29, 1.82) is 0 Å². The Kier molecular flexibility index (Phi) is 6.22. The van der Waals surface area contributed by atoms with Crippen LogP contribution in [0, 0.1) is 0 Å². The van der Waals surface area contributed by atoms with Gasteiger partial charge in [0.05, 0.1) is 29.8 Å². The molecule has 0 spiro atoms. The Balaban J connectivity index is 1.63. The SMILES string of the molecule is CC(=O)N1CCN(c2nc(N3CCO[C@@H](C)[C@H]3C)nc(-n3c(C(F)F)nc4ccccc43)n2)CC1. The van der Waals surface area contributed by atoms with Gasteiger partial charge in [-0.1, -0.05) is 12.1 Å². The number of piperazine rings is 1. The smallest absolute Gasteiger partial charge is 0.296 e. The lowest BCUT2D eigenvalue weighted by Crippen LogP contribution is -2.50. The van der Waals surface area contributed by atoms with Gasteiger partial charge in [-0.25, -0.2) is 13.8 Å². The largest absolute Gasteiger partial charge is 0.375 e. The molecule has 0 saturated carbocycles. The van der Waals surface area contributed by atoms with Crippen LogP contribution in [0.4, 0.5) is 20.7 Å². The summed E-state index contributed by atoms with van der Waals surface area (Å²) in [6, 6.07) is 6.92. The van der Waals surface area contributed by atoms with E-state index < -0.39 is 12.2 Å². The standard InChI is InChI=1S/C23H28F2N8O2/c1-14-15(2)35-13-12-32(14)22-27-21(31-10-8-30(9-11-31)16(3)34)28-23(29-22)33-18-7-5-4-6-17(18)26-20(33)19(24)25/h4-7,14-15,19H,8-13H2,1-3H3/t14-,15+/m1/s1. The molecule has 35 heavy (non-hydrogen) atoms. The highest BCUT2D eigenvalue weighted by atomic mass is 19.3. The molecule has 2 aliphatic rings. The number of imidazole rings is 1. The molecule has 0 N–H and O–H groups in total. The zero-order valence-electron chi connectivity index (χ0n) is 19.9. The minimum absolute atomic E-state index is 0.0178. The lowest BCUT2D eigenvalue weighted by Gasteiger charge is -2.38. The number of amides is 1. The minimum atomic E-state index is -2.81. The summed E-state index contributed by atoms with van der Waals surface area (Å²) in [6.07, 6.45) is -2.86. The normalized spacial score (nSPS) is 21.3. The van der Waals surface area contributed by atoms with E-state index in [-0.39, 0.29) is 24.0 Å². The van der Waals surface area contributed by atoms with Crippen molar-refractivity contribution in [3.05, 3.63) is 30.1 Å². The predicted octanol–water partition coefficient (Wildman–Crippen LogP) is 2.43. The summed E-state index contributed by atoms with van der Waals surface area (Å²) < 4.78 is 35.2. The van der Waals surface area contributed by atoms with Crippen LogP contribution in [0.15, 0.2) is 24.3 Å². The van der Waals surface area contributed by atoms with E-state index in [1.54, 1.807) is 36.1 Å². The second-order valence-electron chi connectivity index (χ2n) is 8.83. The van der Waals surface area contributed by atoms with E-state index in [1.807, 2.05) is 23.6 Å². The minimum Gasteiger partial charge on any atom is -0.375 e. The Morgan fingerprint density at radius 1 is 0.971 bits per heavy atom. The molecule has 0 unspecified atom stereocenters. The molecule has 5 rings (SSSR count). The number of para-hydroxylation sites is 2. The number of carbonyl (C=O) groups excluding carboxylic acids is 1. The van der Waals surface area contributed by atoms with Gasteiger partial charge in [-0.15, -0.1) is 0 Å². The number of morpholine rings is 1. The van der Waals surface area contributed by atoms with Crippen molar-refractivity contribution >= 4 is 28.8 Å². The van der Waals surface area contributed by atoms with Crippen LogP contribution in [0.1, 0.15) is 33.0 Å². The van der Waals surface area contributed by atoms with Crippen LogP contribution < -0.4 is 9.80 Å².